The summed E-state index contributed by atoms with van der Waals surface area (Å²) in [5.74, 6) is -0.861. The highest BCUT2D eigenvalue weighted by molar-refractivity contribution is 5.94. The van der Waals surface area contributed by atoms with Gasteiger partial charge in [-0.25, -0.2) is 4.39 Å². The van der Waals surface area contributed by atoms with E-state index in [4.69, 9.17) is 0 Å². The van der Waals surface area contributed by atoms with Gasteiger partial charge in [-0.05, 0) is 57.3 Å². The van der Waals surface area contributed by atoms with E-state index in [1.807, 2.05) is 0 Å². The zero-order valence-electron chi connectivity index (χ0n) is 13.6. The molecule has 1 aromatic carbocycles. The molecule has 1 saturated carbocycles. The zero-order chi connectivity index (χ0) is 16.4. The fourth-order valence-corrected chi connectivity index (χ4v) is 4.00. The molecule has 3 atom stereocenters. The van der Waals surface area contributed by atoms with E-state index in [9.17, 15) is 14.3 Å². The van der Waals surface area contributed by atoms with Gasteiger partial charge in [0, 0.05) is 13.1 Å². The molecule has 2 fully saturated rings. The molecular formula is C18H25FN2O2. The van der Waals surface area contributed by atoms with Gasteiger partial charge in [0.05, 0.1) is 17.7 Å². The molecule has 1 aliphatic heterocycles. The first kappa shape index (κ1) is 16.4. The number of halogens is 1. The Morgan fingerprint density at radius 3 is 2.61 bits per heavy atom. The van der Waals surface area contributed by atoms with Crippen molar-refractivity contribution in [1.29, 1.82) is 0 Å². The molecule has 23 heavy (non-hydrogen) atoms. The van der Waals surface area contributed by atoms with Crippen molar-refractivity contribution < 1.29 is 14.3 Å². The Kier molecular flexibility index (Phi) is 4.97. The van der Waals surface area contributed by atoms with Gasteiger partial charge in [0.25, 0.3) is 5.91 Å². The van der Waals surface area contributed by atoms with Crippen molar-refractivity contribution in [1.82, 2.24) is 9.80 Å². The van der Waals surface area contributed by atoms with Crippen LogP contribution in [0.1, 0.15) is 42.5 Å². The fourth-order valence-electron chi connectivity index (χ4n) is 4.00. The van der Waals surface area contributed by atoms with E-state index >= 15 is 0 Å². The van der Waals surface area contributed by atoms with Crippen LogP contribution >= 0.6 is 0 Å². The van der Waals surface area contributed by atoms with Crippen LogP contribution in [-0.4, -0.2) is 59.1 Å². The summed E-state index contributed by atoms with van der Waals surface area (Å²) in [7, 11) is 1.68. The summed E-state index contributed by atoms with van der Waals surface area (Å²) < 4.78 is 13.9. The van der Waals surface area contributed by atoms with Crippen molar-refractivity contribution in [3.05, 3.63) is 35.6 Å². The van der Waals surface area contributed by atoms with Gasteiger partial charge >= 0.3 is 0 Å². The molecule has 126 valence electrons. The minimum Gasteiger partial charge on any atom is -0.389 e. The Hall–Kier alpha value is -1.46. The van der Waals surface area contributed by atoms with Gasteiger partial charge in [-0.2, -0.15) is 0 Å². The Labute approximate surface area is 136 Å². The SMILES string of the molecule is CN(C(=O)c1ccccc1F)[C@@H]1CCC[C@@H](N2CCCC2)[C@@H]1O. The van der Waals surface area contributed by atoms with Gasteiger partial charge in [0.2, 0.25) is 0 Å². The minimum absolute atomic E-state index is 0.0745. The van der Waals surface area contributed by atoms with Crippen molar-refractivity contribution in [2.75, 3.05) is 20.1 Å². The van der Waals surface area contributed by atoms with E-state index in [0.29, 0.717) is 0 Å². The molecule has 0 unspecified atom stereocenters. The molecule has 2 aliphatic rings. The third-order valence-electron chi connectivity index (χ3n) is 5.32. The summed E-state index contributed by atoms with van der Waals surface area (Å²) >= 11 is 0. The summed E-state index contributed by atoms with van der Waals surface area (Å²) in [6.07, 6.45) is 4.51. The Morgan fingerprint density at radius 1 is 1.22 bits per heavy atom. The Morgan fingerprint density at radius 2 is 1.91 bits per heavy atom. The number of likely N-dealkylation sites (N-methyl/N-ethyl adjacent to an activating group) is 1. The first-order valence-electron chi connectivity index (χ1n) is 8.53. The number of aliphatic hydroxyl groups excluding tert-OH is 1. The molecule has 1 aromatic rings. The topological polar surface area (TPSA) is 43.8 Å². The van der Waals surface area contributed by atoms with Crippen LogP contribution < -0.4 is 0 Å². The molecule has 1 aliphatic carbocycles. The lowest BCUT2D eigenvalue weighted by molar-refractivity contribution is -0.0243. The molecule has 3 rings (SSSR count). The van der Waals surface area contributed by atoms with Crippen LogP contribution in [0.25, 0.3) is 0 Å². The molecule has 1 N–H and O–H groups in total. The summed E-state index contributed by atoms with van der Waals surface area (Å²) in [5.41, 5.74) is 0.0745. The maximum Gasteiger partial charge on any atom is 0.256 e. The maximum absolute atomic E-state index is 13.9. The number of likely N-dealkylation sites (tertiary alicyclic amines) is 1. The second-order valence-corrected chi connectivity index (χ2v) is 6.70. The van der Waals surface area contributed by atoms with Crippen molar-refractivity contribution in [3.8, 4) is 0 Å². The number of amides is 1. The molecule has 4 nitrogen and oxygen atoms in total. The highest BCUT2D eigenvalue weighted by Gasteiger charge is 2.39. The second kappa shape index (κ2) is 6.97. The standard InChI is InChI=1S/C18H25FN2O2/c1-20(18(23)13-7-2-3-8-14(13)19)15-9-6-10-16(17(15)22)21-11-4-5-12-21/h2-3,7-8,15-17,22H,4-6,9-12H2,1H3/t15-,16-,17-/m1/s1. The predicted octanol–water partition coefficient (Wildman–Crippen LogP) is 2.28. The minimum atomic E-state index is -0.567. The summed E-state index contributed by atoms with van der Waals surface area (Å²) in [4.78, 5) is 16.5. The molecule has 1 saturated heterocycles. The lowest BCUT2D eigenvalue weighted by Crippen LogP contribution is -2.56. The van der Waals surface area contributed by atoms with Gasteiger partial charge in [0.15, 0.2) is 0 Å². The number of aliphatic hydroxyl groups is 1. The zero-order valence-corrected chi connectivity index (χ0v) is 13.6. The fraction of sp³-hybridized carbons (Fsp3) is 0.611. The van der Waals surface area contributed by atoms with Crippen molar-refractivity contribution >= 4 is 5.91 Å². The van der Waals surface area contributed by atoms with E-state index in [1.54, 1.807) is 19.2 Å². The third kappa shape index (κ3) is 3.26. The van der Waals surface area contributed by atoms with Gasteiger partial charge < -0.3 is 10.0 Å². The van der Waals surface area contributed by atoms with Crippen LogP contribution in [0, 0.1) is 5.82 Å². The van der Waals surface area contributed by atoms with E-state index in [-0.39, 0.29) is 23.6 Å². The quantitative estimate of drug-likeness (QED) is 0.929. The monoisotopic (exact) mass is 320 g/mol. The predicted molar refractivity (Wildman–Crippen MR) is 86.7 cm³/mol. The number of hydrogen-bond acceptors (Lipinski definition) is 3. The van der Waals surface area contributed by atoms with Crippen LogP contribution in [0.3, 0.4) is 0 Å². The smallest absolute Gasteiger partial charge is 0.256 e. The van der Waals surface area contributed by atoms with Crippen LogP contribution in [0.15, 0.2) is 24.3 Å². The van der Waals surface area contributed by atoms with Crippen LogP contribution in [0.5, 0.6) is 0 Å². The molecule has 0 spiro atoms. The average molecular weight is 320 g/mol. The first-order chi connectivity index (χ1) is 11.1. The average Bonchev–Trinajstić information content (AvgIpc) is 3.08. The van der Waals surface area contributed by atoms with Crippen LogP contribution in [0.4, 0.5) is 4.39 Å². The van der Waals surface area contributed by atoms with E-state index < -0.39 is 11.9 Å². The maximum atomic E-state index is 13.9. The van der Waals surface area contributed by atoms with Crippen LogP contribution in [0.2, 0.25) is 0 Å². The van der Waals surface area contributed by atoms with Crippen molar-refractivity contribution in [2.45, 2.75) is 50.3 Å². The highest BCUT2D eigenvalue weighted by Crippen LogP contribution is 2.29. The van der Waals surface area contributed by atoms with E-state index in [2.05, 4.69) is 4.90 Å². The number of carbonyl (C=O) groups is 1. The summed E-state index contributed by atoms with van der Waals surface area (Å²) in [5, 5.41) is 10.8. The summed E-state index contributed by atoms with van der Waals surface area (Å²) in [6.45, 7) is 2.05. The number of carbonyl (C=O) groups excluding carboxylic acids is 1. The lowest BCUT2D eigenvalue weighted by Gasteiger charge is -2.43. The van der Waals surface area contributed by atoms with Gasteiger partial charge in [-0.1, -0.05) is 12.1 Å². The normalized spacial score (nSPS) is 28.7. The molecule has 1 amide bonds. The first-order valence-corrected chi connectivity index (χ1v) is 8.53. The molecule has 0 bridgehead atoms. The Bertz CT molecular complexity index is 560. The molecule has 0 radical (unpaired) electrons. The van der Waals surface area contributed by atoms with Crippen molar-refractivity contribution in [3.63, 3.8) is 0 Å². The number of benzene rings is 1. The number of nitrogens with zero attached hydrogens (tertiary/aromatic N) is 2. The Balaban J connectivity index is 1.74. The van der Waals surface area contributed by atoms with E-state index in [1.165, 1.54) is 29.9 Å². The van der Waals surface area contributed by atoms with Gasteiger partial charge in [-0.15, -0.1) is 0 Å². The number of hydrogen-bond donors (Lipinski definition) is 1. The third-order valence-corrected chi connectivity index (χ3v) is 5.32. The number of rotatable bonds is 3. The highest BCUT2D eigenvalue weighted by atomic mass is 19.1. The second-order valence-electron chi connectivity index (χ2n) is 6.70. The summed E-state index contributed by atoms with van der Waals surface area (Å²) in [6, 6.07) is 5.90. The van der Waals surface area contributed by atoms with Gasteiger partial charge in [-0.3, -0.25) is 9.69 Å². The largest absolute Gasteiger partial charge is 0.389 e. The molecule has 5 heteroatoms. The van der Waals surface area contributed by atoms with E-state index in [0.717, 1.165) is 32.4 Å². The molecule has 0 aromatic heterocycles. The van der Waals surface area contributed by atoms with Gasteiger partial charge in [0.1, 0.15) is 5.82 Å². The van der Waals surface area contributed by atoms with Crippen LogP contribution in [-0.2, 0) is 0 Å². The molecule has 1 heterocycles. The van der Waals surface area contributed by atoms with Crippen molar-refractivity contribution in [2.24, 2.45) is 0 Å². The molecular weight excluding hydrogens is 295 g/mol. The lowest BCUT2D eigenvalue weighted by atomic mass is 9.86.